The van der Waals surface area contributed by atoms with Gasteiger partial charge in [0.05, 0.1) is 0 Å². The first-order valence-corrected chi connectivity index (χ1v) is 8.87. The average Bonchev–Trinajstić information content (AvgIpc) is 2.35. The van der Waals surface area contributed by atoms with Crippen molar-refractivity contribution in [3.8, 4) is 0 Å². The third kappa shape index (κ3) is 2.39. The highest BCUT2D eigenvalue weighted by atomic mass is 14.9. The average molecular weight is 283 g/mol. The van der Waals surface area contributed by atoms with Gasteiger partial charge in [0.2, 0.25) is 0 Å². The van der Waals surface area contributed by atoms with Crippen molar-refractivity contribution in [1.82, 2.24) is 0 Å². The number of anilines is 1. The summed E-state index contributed by atoms with van der Waals surface area (Å²) in [5.41, 5.74) is 4.66. The zero-order valence-electron chi connectivity index (χ0n) is 13.8. The Hall–Kier alpha value is -0.980. The first-order chi connectivity index (χ1) is 10.0. The van der Waals surface area contributed by atoms with E-state index in [1.807, 2.05) is 0 Å². The SMILES string of the molecule is Cc1cc(C)cc(NC(C)C23CC4CC(CC(C4)C2)C3)c1. The molecule has 0 aliphatic heterocycles. The lowest BCUT2D eigenvalue weighted by Gasteiger charge is -2.59. The van der Waals surface area contributed by atoms with Gasteiger partial charge in [0.1, 0.15) is 0 Å². The quantitative estimate of drug-likeness (QED) is 0.791. The number of aryl methyl sites for hydroxylation is 2. The molecule has 4 aliphatic rings. The van der Waals surface area contributed by atoms with Gasteiger partial charge in [-0.2, -0.15) is 0 Å². The minimum atomic E-state index is 0.590. The molecule has 1 nitrogen and oxygen atoms in total. The van der Waals surface area contributed by atoms with E-state index in [0.29, 0.717) is 11.5 Å². The van der Waals surface area contributed by atoms with Crippen molar-refractivity contribution in [3.63, 3.8) is 0 Å². The van der Waals surface area contributed by atoms with Crippen molar-refractivity contribution in [2.75, 3.05) is 5.32 Å². The van der Waals surface area contributed by atoms with Gasteiger partial charge in [0.15, 0.2) is 0 Å². The second-order valence-electron chi connectivity index (χ2n) is 8.52. The van der Waals surface area contributed by atoms with Crippen molar-refractivity contribution in [3.05, 3.63) is 29.3 Å². The molecule has 0 saturated heterocycles. The van der Waals surface area contributed by atoms with Gasteiger partial charge in [-0.1, -0.05) is 6.07 Å². The number of hydrogen-bond acceptors (Lipinski definition) is 1. The summed E-state index contributed by atoms with van der Waals surface area (Å²) in [6, 6.07) is 7.50. The van der Waals surface area contributed by atoms with Crippen LogP contribution in [-0.4, -0.2) is 6.04 Å². The molecule has 1 N–H and O–H groups in total. The molecule has 4 saturated carbocycles. The molecule has 4 bridgehead atoms. The van der Waals surface area contributed by atoms with E-state index in [1.165, 1.54) is 55.3 Å². The Kier molecular flexibility index (Phi) is 3.10. The fourth-order valence-electron chi connectivity index (χ4n) is 6.17. The lowest BCUT2D eigenvalue weighted by Crippen LogP contribution is -2.52. The van der Waals surface area contributed by atoms with Gasteiger partial charge < -0.3 is 5.32 Å². The summed E-state index contributed by atoms with van der Waals surface area (Å²) in [6.07, 6.45) is 9.06. The molecule has 0 amide bonds. The van der Waals surface area contributed by atoms with Crippen LogP contribution in [0.5, 0.6) is 0 Å². The molecule has 4 aliphatic carbocycles. The molecule has 1 aromatic carbocycles. The largest absolute Gasteiger partial charge is 0.382 e. The van der Waals surface area contributed by atoms with Gasteiger partial charge in [-0.15, -0.1) is 0 Å². The Morgan fingerprint density at radius 3 is 1.86 bits per heavy atom. The van der Waals surface area contributed by atoms with E-state index in [4.69, 9.17) is 0 Å². The summed E-state index contributed by atoms with van der Waals surface area (Å²) in [4.78, 5) is 0. The fourth-order valence-corrected chi connectivity index (χ4v) is 6.17. The molecule has 0 spiro atoms. The van der Waals surface area contributed by atoms with Crippen LogP contribution < -0.4 is 5.32 Å². The number of benzene rings is 1. The minimum absolute atomic E-state index is 0.590. The number of rotatable bonds is 3. The van der Waals surface area contributed by atoms with Crippen LogP contribution in [0.25, 0.3) is 0 Å². The molecule has 0 aromatic heterocycles. The summed E-state index contributed by atoms with van der Waals surface area (Å²) in [5, 5.41) is 3.88. The van der Waals surface area contributed by atoms with Gasteiger partial charge in [-0.25, -0.2) is 0 Å². The molecule has 114 valence electrons. The maximum atomic E-state index is 3.88. The Morgan fingerprint density at radius 2 is 1.38 bits per heavy atom. The second kappa shape index (κ2) is 4.76. The zero-order valence-corrected chi connectivity index (χ0v) is 13.8. The second-order valence-corrected chi connectivity index (χ2v) is 8.52. The lowest BCUT2D eigenvalue weighted by molar-refractivity contribution is -0.0602. The van der Waals surface area contributed by atoms with Crippen molar-refractivity contribution >= 4 is 5.69 Å². The van der Waals surface area contributed by atoms with Gasteiger partial charge in [-0.3, -0.25) is 0 Å². The fraction of sp³-hybridized carbons (Fsp3) is 0.700. The predicted molar refractivity (Wildman–Crippen MR) is 89.6 cm³/mol. The molecule has 1 heteroatoms. The Balaban J connectivity index is 1.55. The van der Waals surface area contributed by atoms with Gasteiger partial charge >= 0.3 is 0 Å². The van der Waals surface area contributed by atoms with E-state index in [0.717, 1.165) is 17.8 Å². The molecule has 5 rings (SSSR count). The van der Waals surface area contributed by atoms with Crippen molar-refractivity contribution < 1.29 is 0 Å². The van der Waals surface area contributed by atoms with E-state index >= 15 is 0 Å². The number of nitrogens with one attached hydrogen (secondary N) is 1. The molecule has 1 unspecified atom stereocenters. The third-order valence-electron chi connectivity index (χ3n) is 6.61. The van der Waals surface area contributed by atoms with Crippen LogP contribution in [-0.2, 0) is 0 Å². The molecule has 1 atom stereocenters. The molecule has 21 heavy (non-hydrogen) atoms. The van der Waals surface area contributed by atoms with Gasteiger partial charge in [0.25, 0.3) is 0 Å². The first kappa shape index (κ1) is 13.7. The molecule has 0 radical (unpaired) electrons. The third-order valence-corrected chi connectivity index (χ3v) is 6.61. The normalized spacial score (nSPS) is 38.5. The van der Waals surface area contributed by atoms with E-state index in [-0.39, 0.29) is 0 Å². The Labute approximate surface area is 129 Å². The van der Waals surface area contributed by atoms with Crippen LogP contribution in [0, 0.1) is 37.0 Å². The molecule has 4 fully saturated rings. The van der Waals surface area contributed by atoms with Crippen molar-refractivity contribution in [2.24, 2.45) is 23.2 Å². The molecule has 1 aromatic rings. The number of hydrogen-bond donors (Lipinski definition) is 1. The van der Waals surface area contributed by atoms with Crippen LogP contribution in [0.3, 0.4) is 0 Å². The van der Waals surface area contributed by atoms with E-state index in [1.54, 1.807) is 0 Å². The zero-order chi connectivity index (χ0) is 14.6. The Bertz CT molecular complexity index is 489. The smallest absolute Gasteiger partial charge is 0.0347 e. The summed E-state index contributed by atoms with van der Waals surface area (Å²) < 4.78 is 0. The summed E-state index contributed by atoms with van der Waals surface area (Å²) in [5.74, 6) is 3.12. The van der Waals surface area contributed by atoms with Crippen LogP contribution >= 0.6 is 0 Å². The highest BCUT2D eigenvalue weighted by Gasteiger charge is 2.53. The van der Waals surface area contributed by atoms with Gasteiger partial charge in [0, 0.05) is 11.7 Å². The van der Waals surface area contributed by atoms with Gasteiger partial charge in [-0.05, 0) is 106 Å². The highest BCUT2D eigenvalue weighted by molar-refractivity contribution is 5.49. The van der Waals surface area contributed by atoms with Crippen molar-refractivity contribution in [1.29, 1.82) is 0 Å². The Morgan fingerprint density at radius 1 is 0.905 bits per heavy atom. The predicted octanol–water partition coefficient (Wildman–Crippen LogP) is 5.32. The lowest BCUT2D eigenvalue weighted by atomic mass is 9.48. The highest BCUT2D eigenvalue weighted by Crippen LogP contribution is 2.61. The van der Waals surface area contributed by atoms with Crippen LogP contribution in [0.4, 0.5) is 5.69 Å². The van der Waals surface area contributed by atoms with E-state index < -0.39 is 0 Å². The summed E-state index contributed by atoms with van der Waals surface area (Å²) in [6.45, 7) is 6.85. The van der Waals surface area contributed by atoms with E-state index in [2.05, 4.69) is 44.3 Å². The minimum Gasteiger partial charge on any atom is -0.382 e. The maximum Gasteiger partial charge on any atom is 0.0347 e. The molecular formula is C20H29N. The van der Waals surface area contributed by atoms with E-state index in [9.17, 15) is 0 Å². The monoisotopic (exact) mass is 283 g/mol. The molecular weight excluding hydrogens is 254 g/mol. The maximum absolute atomic E-state index is 3.88. The van der Waals surface area contributed by atoms with Crippen LogP contribution in [0.1, 0.15) is 56.6 Å². The summed E-state index contributed by atoms with van der Waals surface area (Å²) in [7, 11) is 0. The molecule has 0 heterocycles. The van der Waals surface area contributed by atoms with Crippen molar-refractivity contribution in [2.45, 2.75) is 65.3 Å². The van der Waals surface area contributed by atoms with Crippen LogP contribution in [0.15, 0.2) is 18.2 Å². The first-order valence-electron chi connectivity index (χ1n) is 8.87. The van der Waals surface area contributed by atoms with Crippen LogP contribution in [0.2, 0.25) is 0 Å². The topological polar surface area (TPSA) is 12.0 Å². The standard InChI is InChI=1S/C20H29N/c1-13-4-14(2)6-19(5-13)21-15(3)20-10-16-7-17(11-20)9-18(8-16)12-20/h4-6,15-18,21H,7-12H2,1-3H3. The summed E-state index contributed by atoms with van der Waals surface area (Å²) >= 11 is 0.